The van der Waals surface area contributed by atoms with Gasteiger partial charge in [0.15, 0.2) is 5.65 Å². The van der Waals surface area contributed by atoms with Crippen LogP contribution in [0.15, 0.2) is 91.0 Å². The van der Waals surface area contributed by atoms with Crippen molar-refractivity contribution in [2.45, 2.75) is 18.6 Å². The van der Waals surface area contributed by atoms with Gasteiger partial charge in [0.05, 0.1) is 11.7 Å². The third-order valence-corrected chi connectivity index (χ3v) is 6.15. The van der Waals surface area contributed by atoms with Gasteiger partial charge in [-0.05, 0) is 35.4 Å². The monoisotopic (exact) mass is 420 g/mol. The second-order valence-corrected chi connectivity index (χ2v) is 8.17. The summed E-state index contributed by atoms with van der Waals surface area (Å²) in [5.74, 6) is 0.803. The van der Waals surface area contributed by atoms with Gasteiger partial charge in [0.25, 0.3) is 0 Å². The van der Waals surface area contributed by atoms with Crippen molar-refractivity contribution in [3.05, 3.63) is 102 Å². The molecule has 0 fully saturated rings. The van der Waals surface area contributed by atoms with Crippen LogP contribution >= 0.6 is 0 Å². The number of halogens is 1. The van der Waals surface area contributed by atoms with Gasteiger partial charge in [-0.1, -0.05) is 66.7 Å². The summed E-state index contributed by atoms with van der Waals surface area (Å²) in [6, 6.07) is 29.6. The molecule has 0 amide bonds. The maximum absolute atomic E-state index is 14.3. The summed E-state index contributed by atoms with van der Waals surface area (Å²) >= 11 is 0. The number of hydrogen-bond donors (Lipinski definition) is 1. The van der Waals surface area contributed by atoms with Crippen LogP contribution in [0.2, 0.25) is 0 Å². The van der Waals surface area contributed by atoms with Crippen molar-refractivity contribution in [3.8, 4) is 28.3 Å². The highest BCUT2D eigenvalue weighted by molar-refractivity contribution is 5.82. The lowest BCUT2D eigenvalue weighted by atomic mass is 10.1. The SMILES string of the molecule is N[C@@H]1c2ccc(-n3c(-c4ccccc4)nc4ccc(-c5ccccc5)nc43)cc2CC1F. The van der Waals surface area contributed by atoms with Crippen LogP contribution in [0.3, 0.4) is 0 Å². The van der Waals surface area contributed by atoms with E-state index in [2.05, 4.69) is 4.57 Å². The van der Waals surface area contributed by atoms with E-state index in [0.717, 1.165) is 50.6 Å². The molecule has 2 aromatic heterocycles. The maximum atomic E-state index is 14.3. The first-order valence-corrected chi connectivity index (χ1v) is 10.7. The van der Waals surface area contributed by atoms with Crippen molar-refractivity contribution >= 4 is 11.2 Å². The van der Waals surface area contributed by atoms with Crippen LogP contribution < -0.4 is 5.73 Å². The lowest BCUT2D eigenvalue weighted by molar-refractivity contribution is 0.303. The maximum Gasteiger partial charge on any atom is 0.165 e. The molecule has 0 aliphatic heterocycles. The highest BCUT2D eigenvalue weighted by Crippen LogP contribution is 2.35. The molecule has 2 N–H and O–H groups in total. The Labute approximate surface area is 185 Å². The Morgan fingerprint density at radius 1 is 0.812 bits per heavy atom. The molecule has 0 radical (unpaired) electrons. The number of aromatic nitrogens is 3. The van der Waals surface area contributed by atoms with Crippen LogP contribution in [-0.2, 0) is 6.42 Å². The van der Waals surface area contributed by atoms with Crippen molar-refractivity contribution < 1.29 is 4.39 Å². The lowest BCUT2D eigenvalue weighted by Gasteiger charge is -2.12. The minimum Gasteiger partial charge on any atom is -0.322 e. The minimum absolute atomic E-state index is 0.334. The fourth-order valence-electron chi connectivity index (χ4n) is 4.52. The molecule has 0 saturated heterocycles. The topological polar surface area (TPSA) is 56.7 Å². The predicted molar refractivity (Wildman–Crippen MR) is 125 cm³/mol. The molecule has 5 heteroatoms. The fraction of sp³-hybridized carbons (Fsp3) is 0.111. The van der Waals surface area contributed by atoms with E-state index in [1.54, 1.807) is 0 Å². The van der Waals surface area contributed by atoms with Crippen molar-refractivity contribution in [1.82, 2.24) is 14.5 Å². The minimum atomic E-state index is -1.05. The van der Waals surface area contributed by atoms with Crippen LogP contribution in [-0.4, -0.2) is 20.7 Å². The molecule has 0 spiro atoms. The van der Waals surface area contributed by atoms with Gasteiger partial charge >= 0.3 is 0 Å². The van der Waals surface area contributed by atoms with Gasteiger partial charge in [0.1, 0.15) is 17.5 Å². The summed E-state index contributed by atoms with van der Waals surface area (Å²) < 4.78 is 16.3. The normalized spacial score (nSPS) is 17.6. The highest BCUT2D eigenvalue weighted by atomic mass is 19.1. The standard InChI is InChI=1S/C27H21FN4/c28-22-16-19-15-20(11-12-21(19)25(22)29)32-26(18-9-5-2-6-10-18)31-24-14-13-23(30-27(24)32)17-7-3-1-4-8-17/h1-15,22,25H,16,29H2/t22?,25-/m1/s1. The third kappa shape index (κ3) is 3.01. The zero-order valence-corrected chi connectivity index (χ0v) is 17.3. The van der Waals surface area contributed by atoms with E-state index in [1.165, 1.54) is 0 Å². The molecular weight excluding hydrogens is 399 g/mol. The van der Waals surface area contributed by atoms with Crippen LogP contribution in [0.25, 0.3) is 39.5 Å². The summed E-state index contributed by atoms with van der Waals surface area (Å²) in [5, 5.41) is 0. The Bertz CT molecular complexity index is 1430. The van der Waals surface area contributed by atoms with E-state index in [-0.39, 0.29) is 0 Å². The Morgan fingerprint density at radius 2 is 1.53 bits per heavy atom. The van der Waals surface area contributed by atoms with Gasteiger partial charge in [-0.2, -0.15) is 0 Å². The molecule has 6 rings (SSSR count). The molecule has 0 bridgehead atoms. The van der Waals surface area contributed by atoms with Gasteiger partial charge in [-0.3, -0.25) is 4.57 Å². The highest BCUT2D eigenvalue weighted by Gasteiger charge is 2.30. The number of pyridine rings is 1. The van der Waals surface area contributed by atoms with Gasteiger partial charge in [0, 0.05) is 23.2 Å². The van der Waals surface area contributed by atoms with Gasteiger partial charge in [0.2, 0.25) is 0 Å². The van der Waals surface area contributed by atoms with Gasteiger partial charge in [-0.25, -0.2) is 14.4 Å². The molecule has 1 aliphatic rings. The predicted octanol–water partition coefficient (Wildman–Crippen LogP) is 5.65. The number of fused-ring (bicyclic) bond motifs is 2. The second-order valence-electron chi connectivity index (χ2n) is 8.17. The number of benzene rings is 3. The van der Waals surface area contributed by atoms with Gasteiger partial charge in [-0.15, -0.1) is 0 Å². The van der Waals surface area contributed by atoms with Crippen LogP contribution in [0.4, 0.5) is 4.39 Å². The zero-order chi connectivity index (χ0) is 21.7. The number of rotatable bonds is 3. The van der Waals surface area contributed by atoms with Crippen LogP contribution in [0.1, 0.15) is 17.2 Å². The zero-order valence-electron chi connectivity index (χ0n) is 17.3. The summed E-state index contributed by atoms with van der Waals surface area (Å²) in [7, 11) is 0. The summed E-state index contributed by atoms with van der Waals surface area (Å²) in [5.41, 5.74) is 13.3. The van der Waals surface area contributed by atoms with Crippen molar-refractivity contribution in [1.29, 1.82) is 0 Å². The molecule has 32 heavy (non-hydrogen) atoms. The number of alkyl halides is 1. The van der Waals surface area contributed by atoms with E-state index in [4.69, 9.17) is 15.7 Å². The lowest BCUT2D eigenvalue weighted by Crippen LogP contribution is -2.17. The van der Waals surface area contributed by atoms with Crippen molar-refractivity contribution in [2.24, 2.45) is 5.73 Å². The third-order valence-electron chi connectivity index (χ3n) is 6.15. The first-order chi connectivity index (χ1) is 15.7. The first kappa shape index (κ1) is 18.9. The number of imidazole rings is 1. The number of hydrogen-bond acceptors (Lipinski definition) is 3. The Balaban J connectivity index is 1.60. The van der Waals surface area contributed by atoms with E-state index in [0.29, 0.717) is 6.42 Å². The van der Waals surface area contributed by atoms with Crippen LogP contribution in [0, 0.1) is 0 Å². The van der Waals surface area contributed by atoms with Crippen LogP contribution in [0.5, 0.6) is 0 Å². The molecule has 2 heterocycles. The molecule has 5 aromatic rings. The van der Waals surface area contributed by atoms with E-state index >= 15 is 0 Å². The smallest absolute Gasteiger partial charge is 0.165 e. The molecule has 1 aliphatic carbocycles. The second kappa shape index (κ2) is 7.39. The number of nitrogens with zero attached hydrogens (tertiary/aromatic N) is 3. The molecule has 156 valence electrons. The number of nitrogens with two attached hydrogens (primary N) is 1. The first-order valence-electron chi connectivity index (χ1n) is 10.7. The Morgan fingerprint density at radius 3 is 2.28 bits per heavy atom. The van der Waals surface area contributed by atoms with E-state index in [1.807, 2.05) is 91.0 Å². The molecule has 2 atom stereocenters. The summed E-state index contributed by atoms with van der Waals surface area (Å²) in [6.07, 6.45) is -0.712. The van der Waals surface area contributed by atoms with Crippen molar-refractivity contribution in [3.63, 3.8) is 0 Å². The van der Waals surface area contributed by atoms with E-state index in [9.17, 15) is 4.39 Å². The summed E-state index contributed by atoms with van der Waals surface area (Å²) in [6.45, 7) is 0. The van der Waals surface area contributed by atoms with E-state index < -0.39 is 12.2 Å². The molecular formula is C27H21FN4. The average Bonchev–Trinajstić information content (AvgIpc) is 3.36. The largest absolute Gasteiger partial charge is 0.322 e. The molecule has 0 saturated carbocycles. The van der Waals surface area contributed by atoms with Gasteiger partial charge < -0.3 is 5.73 Å². The quantitative estimate of drug-likeness (QED) is 0.410. The Hall–Kier alpha value is -3.83. The Kier molecular flexibility index (Phi) is 4.37. The fourth-order valence-corrected chi connectivity index (χ4v) is 4.52. The van der Waals surface area contributed by atoms with Crippen molar-refractivity contribution in [2.75, 3.05) is 0 Å². The summed E-state index contributed by atoms with van der Waals surface area (Å²) in [4.78, 5) is 9.91. The molecule has 1 unspecified atom stereocenters. The molecule has 4 nitrogen and oxygen atoms in total. The average molecular weight is 420 g/mol. The molecule has 3 aromatic carbocycles.